The third kappa shape index (κ3) is 4.05. The molecule has 1 aliphatic rings. The smallest absolute Gasteiger partial charge is 0.242 e. The predicted octanol–water partition coefficient (Wildman–Crippen LogP) is 1.98. The topological polar surface area (TPSA) is 69.8 Å². The number of aromatic hydroxyl groups is 1. The van der Waals surface area contributed by atoms with E-state index in [1.807, 2.05) is 36.9 Å². The summed E-state index contributed by atoms with van der Waals surface area (Å²) in [5.74, 6) is 0.313. The monoisotopic (exact) mass is 327 g/mol. The average Bonchev–Trinajstić information content (AvgIpc) is 2.47. The van der Waals surface area contributed by atoms with Gasteiger partial charge in [0.25, 0.3) is 0 Å². The lowest BCUT2D eigenvalue weighted by molar-refractivity contribution is -0.137. The Hall–Kier alpha value is -1.46. The largest absolute Gasteiger partial charge is 0.506 e. The number of nitrogens with two attached hydrogens (primary N) is 1. The molecule has 1 saturated heterocycles. The Morgan fingerprint density at radius 1 is 1.27 bits per heavy atom. The second-order valence-electron chi connectivity index (χ2n) is 5.94. The van der Waals surface area contributed by atoms with E-state index in [1.165, 1.54) is 0 Å². The number of piperazine rings is 1. The van der Waals surface area contributed by atoms with Gasteiger partial charge in [0.1, 0.15) is 5.75 Å². The minimum atomic E-state index is -0.772. The summed E-state index contributed by atoms with van der Waals surface area (Å²) in [5, 5.41) is 9.89. The fourth-order valence-electron chi connectivity index (χ4n) is 2.87. The van der Waals surface area contributed by atoms with Crippen molar-refractivity contribution in [3.05, 3.63) is 24.3 Å². The molecule has 124 valence electrons. The lowest BCUT2D eigenvalue weighted by atomic mass is 9.95. The van der Waals surface area contributed by atoms with Crippen LogP contribution in [0.2, 0.25) is 0 Å². The SMILES string of the molecule is CCCC(C)(N)C(=O)N1CCN(c2ccccc2O)CC1.Cl. The molecule has 1 aromatic rings. The van der Waals surface area contributed by atoms with Crippen molar-refractivity contribution < 1.29 is 9.90 Å². The average molecular weight is 328 g/mol. The van der Waals surface area contributed by atoms with Crippen LogP contribution in [0.4, 0.5) is 5.69 Å². The number of hydrogen-bond acceptors (Lipinski definition) is 4. The van der Waals surface area contributed by atoms with Crippen molar-refractivity contribution in [2.45, 2.75) is 32.2 Å². The molecule has 1 fully saturated rings. The summed E-state index contributed by atoms with van der Waals surface area (Å²) in [7, 11) is 0. The normalized spacial score (nSPS) is 17.6. The summed E-state index contributed by atoms with van der Waals surface area (Å²) in [5.41, 5.74) is 6.18. The summed E-state index contributed by atoms with van der Waals surface area (Å²) in [4.78, 5) is 16.4. The van der Waals surface area contributed by atoms with E-state index in [9.17, 15) is 9.90 Å². The van der Waals surface area contributed by atoms with Crippen molar-refractivity contribution in [3.8, 4) is 5.75 Å². The van der Waals surface area contributed by atoms with Crippen LogP contribution in [0.25, 0.3) is 0 Å². The molecule has 0 spiro atoms. The van der Waals surface area contributed by atoms with Crippen molar-refractivity contribution >= 4 is 24.0 Å². The van der Waals surface area contributed by atoms with Crippen LogP contribution in [-0.4, -0.2) is 47.6 Å². The molecule has 6 heteroatoms. The van der Waals surface area contributed by atoms with E-state index >= 15 is 0 Å². The first-order valence-corrected chi connectivity index (χ1v) is 7.57. The highest BCUT2D eigenvalue weighted by molar-refractivity contribution is 5.86. The summed E-state index contributed by atoms with van der Waals surface area (Å²) in [6.07, 6.45) is 1.60. The first kappa shape index (κ1) is 18.6. The molecule has 1 aromatic carbocycles. The van der Waals surface area contributed by atoms with Crippen LogP contribution in [0.5, 0.6) is 5.75 Å². The Kier molecular flexibility index (Phi) is 6.50. The number of para-hydroxylation sites is 2. The molecule has 0 aromatic heterocycles. The van der Waals surface area contributed by atoms with Crippen LogP contribution >= 0.6 is 12.4 Å². The van der Waals surface area contributed by atoms with Gasteiger partial charge in [-0.1, -0.05) is 25.5 Å². The second-order valence-corrected chi connectivity index (χ2v) is 5.94. The summed E-state index contributed by atoms with van der Waals surface area (Å²) >= 11 is 0. The van der Waals surface area contributed by atoms with Gasteiger partial charge in [0.05, 0.1) is 11.2 Å². The molecule has 1 amide bonds. The van der Waals surface area contributed by atoms with Crippen LogP contribution in [0.3, 0.4) is 0 Å². The van der Waals surface area contributed by atoms with Crippen molar-refractivity contribution in [2.75, 3.05) is 31.1 Å². The lowest BCUT2D eigenvalue weighted by Gasteiger charge is -2.39. The highest BCUT2D eigenvalue weighted by Crippen LogP contribution is 2.27. The molecule has 1 unspecified atom stereocenters. The van der Waals surface area contributed by atoms with Crippen molar-refractivity contribution in [1.82, 2.24) is 4.90 Å². The van der Waals surface area contributed by atoms with Crippen molar-refractivity contribution in [1.29, 1.82) is 0 Å². The Balaban J connectivity index is 0.00000242. The molecule has 0 radical (unpaired) electrons. The van der Waals surface area contributed by atoms with Gasteiger partial charge in [-0.3, -0.25) is 4.79 Å². The number of benzene rings is 1. The number of halogens is 1. The number of amides is 1. The summed E-state index contributed by atoms with van der Waals surface area (Å²) in [6, 6.07) is 7.30. The van der Waals surface area contributed by atoms with Gasteiger partial charge >= 0.3 is 0 Å². The maximum Gasteiger partial charge on any atom is 0.242 e. The fraction of sp³-hybridized carbons (Fsp3) is 0.562. The molecule has 3 N–H and O–H groups in total. The maximum atomic E-state index is 12.5. The van der Waals surface area contributed by atoms with Gasteiger partial charge in [0, 0.05) is 26.2 Å². The summed E-state index contributed by atoms with van der Waals surface area (Å²) < 4.78 is 0. The number of nitrogens with zero attached hydrogens (tertiary/aromatic N) is 2. The molecule has 0 saturated carbocycles. The zero-order chi connectivity index (χ0) is 15.5. The maximum absolute atomic E-state index is 12.5. The molecular formula is C16H26ClN3O2. The number of phenols is 1. The van der Waals surface area contributed by atoms with E-state index in [0.29, 0.717) is 32.6 Å². The van der Waals surface area contributed by atoms with Gasteiger partial charge in [0.15, 0.2) is 0 Å². The van der Waals surface area contributed by atoms with Crippen LogP contribution < -0.4 is 10.6 Å². The van der Waals surface area contributed by atoms with Gasteiger partial charge in [-0.15, -0.1) is 12.4 Å². The Bertz CT molecular complexity index is 500. The van der Waals surface area contributed by atoms with Crippen LogP contribution in [-0.2, 0) is 4.79 Å². The van der Waals surface area contributed by atoms with E-state index in [0.717, 1.165) is 12.1 Å². The number of carbonyl (C=O) groups excluding carboxylic acids is 1. The molecule has 1 aliphatic heterocycles. The standard InChI is InChI=1S/C16H25N3O2.ClH/c1-3-8-16(2,17)15(21)19-11-9-18(10-12-19)13-6-4-5-7-14(13)20;/h4-7,20H,3,8-12,17H2,1-2H3;1H. The highest BCUT2D eigenvalue weighted by Gasteiger charge is 2.33. The van der Waals surface area contributed by atoms with E-state index in [1.54, 1.807) is 6.07 Å². The lowest BCUT2D eigenvalue weighted by Crippen LogP contribution is -2.58. The number of hydrogen-bond donors (Lipinski definition) is 2. The van der Waals surface area contributed by atoms with Gasteiger partial charge in [-0.25, -0.2) is 0 Å². The Morgan fingerprint density at radius 2 is 1.86 bits per heavy atom. The minimum Gasteiger partial charge on any atom is -0.506 e. The van der Waals surface area contributed by atoms with Gasteiger partial charge in [-0.2, -0.15) is 0 Å². The number of anilines is 1. The van der Waals surface area contributed by atoms with Crippen LogP contribution in [0, 0.1) is 0 Å². The molecule has 0 aliphatic carbocycles. The summed E-state index contributed by atoms with van der Waals surface area (Å²) in [6.45, 7) is 6.56. The molecule has 1 heterocycles. The third-order valence-electron chi connectivity index (χ3n) is 4.05. The third-order valence-corrected chi connectivity index (χ3v) is 4.05. The quantitative estimate of drug-likeness (QED) is 0.887. The zero-order valence-electron chi connectivity index (χ0n) is 13.3. The number of phenolic OH excluding ortho intramolecular Hbond substituents is 1. The van der Waals surface area contributed by atoms with E-state index < -0.39 is 5.54 Å². The molecule has 0 bridgehead atoms. The highest BCUT2D eigenvalue weighted by atomic mass is 35.5. The molecule has 22 heavy (non-hydrogen) atoms. The Labute approximate surface area is 138 Å². The van der Waals surface area contributed by atoms with Crippen LogP contribution in [0.15, 0.2) is 24.3 Å². The fourth-order valence-corrected chi connectivity index (χ4v) is 2.87. The minimum absolute atomic E-state index is 0. The first-order valence-electron chi connectivity index (χ1n) is 7.57. The van der Waals surface area contributed by atoms with Crippen LogP contribution in [0.1, 0.15) is 26.7 Å². The molecular weight excluding hydrogens is 302 g/mol. The van der Waals surface area contributed by atoms with Gasteiger partial charge in [0.2, 0.25) is 5.91 Å². The molecule has 5 nitrogen and oxygen atoms in total. The van der Waals surface area contributed by atoms with E-state index in [2.05, 4.69) is 4.90 Å². The first-order chi connectivity index (χ1) is 9.95. The second kappa shape index (κ2) is 7.70. The predicted molar refractivity (Wildman–Crippen MR) is 91.6 cm³/mol. The Morgan fingerprint density at radius 3 is 2.41 bits per heavy atom. The zero-order valence-corrected chi connectivity index (χ0v) is 14.1. The molecule has 2 rings (SSSR count). The van der Waals surface area contributed by atoms with Gasteiger partial charge < -0.3 is 20.6 Å². The molecule has 1 atom stereocenters. The van der Waals surface area contributed by atoms with Crippen molar-refractivity contribution in [3.63, 3.8) is 0 Å². The van der Waals surface area contributed by atoms with E-state index in [4.69, 9.17) is 5.73 Å². The van der Waals surface area contributed by atoms with Gasteiger partial charge in [-0.05, 0) is 25.5 Å². The van der Waals surface area contributed by atoms with Crippen molar-refractivity contribution in [2.24, 2.45) is 5.73 Å². The number of carbonyl (C=O) groups is 1. The van der Waals surface area contributed by atoms with E-state index in [-0.39, 0.29) is 24.1 Å². The number of rotatable bonds is 4.